The summed E-state index contributed by atoms with van der Waals surface area (Å²) in [5.74, 6) is 2.24. The van der Waals surface area contributed by atoms with Gasteiger partial charge in [0.1, 0.15) is 5.82 Å². The highest BCUT2D eigenvalue weighted by molar-refractivity contribution is 5.55. The molecule has 1 radical (unpaired) electrons. The van der Waals surface area contributed by atoms with Crippen molar-refractivity contribution in [2.24, 2.45) is 11.8 Å². The van der Waals surface area contributed by atoms with Crippen LogP contribution in [0.1, 0.15) is 79.5 Å². The van der Waals surface area contributed by atoms with Crippen molar-refractivity contribution in [3.8, 4) is 0 Å². The molecule has 0 bridgehead atoms. The summed E-state index contributed by atoms with van der Waals surface area (Å²) in [5, 5.41) is 0. The number of fused-ring (bicyclic) bond motifs is 1. The third kappa shape index (κ3) is 6.91. The standard InChI is InChI=1S/C32H34F6N5/c1-30(2)9-8-23-14-24(28(41-27(23)30)42(16-20-4-5-20)17-21-6-7-21)19-43(29-39-10-3-11-40-29)18-22-12-25(31(33,34)35)15-26(13-22)32(36,37)38/h10-15,20-21H,4-9,16-19H2,1-2H3. The first-order valence-corrected chi connectivity index (χ1v) is 14.8. The van der Waals surface area contributed by atoms with Crippen LogP contribution in [0.2, 0.25) is 0 Å². The molecule has 0 saturated heterocycles. The van der Waals surface area contributed by atoms with E-state index in [0.29, 0.717) is 11.8 Å². The van der Waals surface area contributed by atoms with Gasteiger partial charge in [0, 0.05) is 55.6 Å². The molecule has 3 aliphatic rings. The maximum Gasteiger partial charge on any atom is 0.416 e. The molecule has 43 heavy (non-hydrogen) atoms. The van der Waals surface area contributed by atoms with E-state index in [1.807, 2.05) is 0 Å². The van der Waals surface area contributed by atoms with Crippen molar-refractivity contribution < 1.29 is 26.3 Å². The molecule has 0 N–H and O–H groups in total. The number of pyridine rings is 1. The van der Waals surface area contributed by atoms with Crippen molar-refractivity contribution in [1.82, 2.24) is 15.0 Å². The molecular formula is C32H34F6N5. The van der Waals surface area contributed by atoms with Gasteiger partial charge in [0.05, 0.1) is 16.8 Å². The molecule has 0 amide bonds. The Morgan fingerprint density at radius 3 is 1.93 bits per heavy atom. The first-order valence-electron chi connectivity index (χ1n) is 14.8. The van der Waals surface area contributed by atoms with Crippen molar-refractivity contribution in [3.05, 3.63) is 76.2 Å². The summed E-state index contributed by atoms with van der Waals surface area (Å²) in [7, 11) is 0. The molecule has 2 heterocycles. The van der Waals surface area contributed by atoms with Crippen molar-refractivity contribution in [3.63, 3.8) is 0 Å². The van der Waals surface area contributed by atoms with Gasteiger partial charge in [0.2, 0.25) is 5.95 Å². The van der Waals surface area contributed by atoms with Gasteiger partial charge in [-0.1, -0.05) is 13.8 Å². The molecule has 1 aromatic carbocycles. The molecule has 229 valence electrons. The lowest BCUT2D eigenvalue weighted by Gasteiger charge is -2.31. The highest BCUT2D eigenvalue weighted by Crippen LogP contribution is 2.42. The van der Waals surface area contributed by atoms with Crippen molar-refractivity contribution in [2.75, 3.05) is 22.9 Å². The number of aromatic nitrogens is 3. The van der Waals surface area contributed by atoms with E-state index in [1.54, 1.807) is 4.90 Å². The van der Waals surface area contributed by atoms with Crippen LogP contribution in [0.15, 0.2) is 36.7 Å². The van der Waals surface area contributed by atoms with Gasteiger partial charge in [-0.2, -0.15) is 26.3 Å². The van der Waals surface area contributed by atoms with Crippen molar-refractivity contribution in [1.29, 1.82) is 0 Å². The molecule has 3 aliphatic carbocycles. The van der Waals surface area contributed by atoms with E-state index < -0.39 is 23.5 Å². The molecule has 11 heteroatoms. The summed E-state index contributed by atoms with van der Waals surface area (Å²) >= 11 is 0. The lowest BCUT2D eigenvalue weighted by atomic mass is 9.90. The minimum Gasteiger partial charge on any atom is -0.356 e. The molecule has 0 aliphatic heterocycles. The molecule has 2 aromatic heterocycles. The van der Waals surface area contributed by atoms with Gasteiger partial charge in [0.15, 0.2) is 0 Å². The molecule has 2 saturated carbocycles. The minimum absolute atomic E-state index is 0.0858. The van der Waals surface area contributed by atoms with Crippen LogP contribution in [-0.2, 0) is 37.3 Å². The molecule has 0 spiro atoms. The van der Waals surface area contributed by atoms with Gasteiger partial charge < -0.3 is 9.80 Å². The fraction of sp³-hybridized carbons (Fsp3) is 0.531. The summed E-state index contributed by atoms with van der Waals surface area (Å²) in [6, 6.07) is 6.57. The number of rotatable bonds is 10. The highest BCUT2D eigenvalue weighted by atomic mass is 19.4. The van der Waals surface area contributed by atoms with E-state index in [2.05, 4.69) is 40.8 Å². The predicted molar refractivity (Wildman–Crippen MR) is 150 cm³/mol. The number of alkyl halides is 6. The van der Waals surface area contributed by atoms with E-state index in [0.717, 1.165) is 60.7 Å². The van der Waals surface area contributed by atoms with Crippen LogP contribution >= 0.6 is 0 Å². The first-order chi connectivity index (χ1) is 20.3. The van der Waals surface area contributed by atoms with Gasteiger partial charge in [-0.15, -0.1) is 0 Å². The quantitative estimate of drug-likeness (QED) is 0.222. The number of anilines is 2. The Kier molecular flexibility index (Phi) is 7.57. The topological polar surface area (TPSA) is 45.2 Å². The molecule has 0 atom stereocenters. The maximum atomic E-state index is 13.7. The molecule has 3 aromatic rings. The third-order valence-electron chi connectivity index (χ3n) is 8.64. The summed E-state index contributed by atoms with van der Waals surface area (Å²) in [4.78, 5) is 17.8. The van der Waals surface area contributed by atoms with Crippen LogP contribution in [-0.4, -0.2) is 28.0 Å². The number of aryl methyl sites for hydroxylation is 1. The lowest BCUT2D eigenvalue weighted by molar-refractivity contribution is -0.143. The lowest BCUT2D eigenvalue weighted by Crippen LogP contribution is -2.33. The Morgan fingerprint density at radius 1 is 0.814 bits per heavy atom. The second kappa shape index (κ2) is 11.0. The molecule has 5 nitrogen and oxygen atoms in total. The van der Waals surface area contributed by atoms with Crippen LogP contribution in [0, 0.1) is 17.9 Å². The summed E-state index contributed by atoms with van der Waals surface area (Å²) in [6.45, 7) is 6.06. The smallest absolute Gasteiger partial charge is 0.356 e. The van der Waals surface area contributed by atoms with Gasteiger partial charge in [0.25, 0.3) is 0 Å². The van der Waals surface area contributed by atoms with Crippen LogP contribution in [0.4, 0.5) is 38.1 Å². The monoisotopic (exact) mass is 602 g/mol. The van der Waals surface area contributed by atoms with E-state index in [1.165, 1.54) is 38.1 Å². The van der Waals surface area contributed by atoms with E-state index in [-0.39, 0.29) is 36.1 Å². The van der Waals surface area contributed by atoms with Gasteiger partial charge in [-0.3, -0.25) is 0 Å². The van der Waals surface area contributed by atoms with Crippen LogP contribution in [0.5, 0.6) is 0 Å². The predicted octanol–water partition coefficient (Wildman–Crippen LogP) is 7.77. The third-order valence-corrected chi connectivity index (χ3v) is 8.64. The van der Waals surface area contributed by atoms with Crippen LogP contribution in [0.3, 0.4) is 0 Å². The highest BCUT2D eigenvalue weighted by Gasteiger charge is 2.38. The van der Waals surface area contributed by atoms with E-state index in [9.17, 15) is 26.3 Å². The Balaban J connectivity index is 1.42. The number of hydrogen-bond acceptors (Lipinski definition) is 5. The fourth-order valence-corrected chi connectivity index (χ4v) is 5.95. The second-order valence-corrected chi connectivity index (χ2v) is 12.9. The average molecular weight is 603 g/mol. The molecule has 6 rings (SSSR count). The number of hydrogen-bond donors (Lipinski definition) is 0. The molecular weight excluding hydrogens is 568 g/mol. The van der Waals surface area contributed by atoms with E-state index in [4.69, 9.17) is 4.98 Å². The molecule has 0 unspecified atom stereocenters. The SMILES string of the molecule is CC1(C)CCc2cc(CN(Cc3cc(C(F)(F)F)cc(C(F)(F)F)c3)c3nc[c]cn3)c(N(CC3CC3)CC3CC3)nc21. The first kappa shape index (κ1) is 29.7. The Bertz CT molecular complexity index is 1420. The largest absolute Gasteiger partial charge is 0.416 e. The van der Waals surface area contributed by atoms with Crippen LogP contribution in [0.25, 0.3) is 0 Å². The van der Waals surface area contributed by atoms with Gasteiger partial charge in [-0.05, 0) is 85.8 Å². The Labute approximate surface area is 247 Å². The normalized spacial score (nSPS) is 18.0. The summed E-state index contributed by atoms with van der Waals surface area (Å²) in [6.07, 6.45) is -0.602. The molecule has 2 fully saturated rings. The number of benzene rings is 1. The zero-order valence-electron chi connectivity index (χ0n) is 24.2. The summed E-state index contributed by atoms with van der Waals surface area (Å²) in [5.41, 5.74) is 0.149. The number of nitrogens with zero attached hydrogens (tertiary/aromatic N) is 5. The van der Waals surface area contributed by atoms with Crippen LogP contribution < -0.4 is 9.80 Å². The zero-order chi connectivity index (χ0) is 30.6. The second-order valence-electron chi connectivity index (χ2n) is 12.9. The Morgan fingerprint density at radius 2 is 1.40 bits per heavy atom. The Hall–Kier alpha value is -3.37. The van der Waals surface area contributed by atoms with Gasteiger partial charge in [-0.25, -0.2) is 15.0 Å². The summed E-state index contributed by atoms with van der Waals surface area (Å²) < 4.78 is 82.0. The van der Waals surface area contributed by atoms with E-state index >= 15 is 0 Å². The zero-order valence-corrected chi connectivity index (χ0v) is 24.2. The average Bonchev–Trinajstić information content (AvgIpc) is 3.88. The van der Waals surface area contributed by atoms with Crippen molar-refractivity contribution >= 4 is 11.8 Å². The fourth-order valence-electron chi connectivity index (χ4n) is 5.95. The number of halogens is 6. The minimum atomic E-state index is -4.94. The van der Waals surface area contributed by atoms with Gasteiger partial charge >= 0.3 is 12.4 Å². The van der Waals surface area contributed by atoms with Crippen molar-refractivity contribution in [2.45, 2.75) is 83.2 Å². The maximum absolute atomic E-state index is 13.7.